The fourth-order valence-corrected chi connectivity index (χ4v) is 2.53. The number of hydrogen-bond acceptors (Lipinski definition) is 1. The number of fused-ring (bicyclic) bond motifs is 1. The molecule has 2 aliphatic rings. The predicted octanol–water partition coefficient (Wildman–Crippen LogP) is 2.89. The van der Waals surface area contributed by atoms with Crippen LogP contribution in [0.25, 0.3) is 0 Å². The van der Waals surface area contributed by atoms with Crippen molar-refractivity contribution in [3.8, 4) is 0 Å². The quantitative estimate of drug-likeness (QED) is 0.554. The molecule has 0 radical (unpaired) electrons. The van der Waals surface area contributed by atoms with Gasteiger partial charge in [0.1, 0.15) is 0 Å². The second-order valence-corrected chi connectivity index (χ2v) is 3.60. The molecule has 0 bridgehead atoms. The molecule has 0 fully saturated rings. The fourth-order valence-electron chi connectivity index (χ4n) is 1.39. The molecule has 52 valence electrons. The Morgan fingerprint density at radius 3 is 3.30 bits per heavy atom. The molecule has 1 heteroatoms. The Hall–Kier alpha value is -0.430. The first-order valence-corrected chi connectivity index (χ1v) is 4.64. The normalized spacial score (nSPS) is 21.9. The number of allylic oxidation sites excluding steroid dienone is 5. The van der Waals surface area contributed by atoms with Crippen molar-refractivity contribution in [3.63, 3.8) is 0 Å². The molecule has 0 N–H and O–H groups in total. The van der Waals surface area contributed by atoms with Gasteiger partial charge in [-0.2, -0.15) is 0 Å². The third-order valence-electron chi connectivity index (χ3n) is 1.93. The van der Waals surface area contributed by atoms with Crippen LogP contribution in [0.5, 0.6) is 0 Å². The summed E-state index contributed by atoms with van der Waals surface area (Å²) in [4.78, 5) is 1.57. The predicted molar refractivity (Wildman–Crippen MR) is 47.0 cm³/mol. The first kappa shape index (κ1) is 6.29. The molecule has 0 aromatic heterocycles. The van der Waals surface area contributed by atoms with E-state index in [0.717, 1.165) is 0 Å². The van der Waals surface area contributed by atoms with E-state index < -0.39 is 0 Å². The molecule has 1 aliphatic carbocycles. The summed E-state index contributed by atoms with van der Waals surface area (Å²) in [6.07, 6.45) is 7.81. The zero-order valence-electron chi connectivity index (χ0n) is 6.05. The first-order valence-electron chi connectivity index (χ1n) is 3.65. The van der Waals surface area contributed by atoms with Gasteiger partial charge < -0.3 is 0 Å². The Balaban J connectivity index is 2.41. The Bertz CT molecular complexity index is 243. The van der Waals surface area contributed by atoms with E-state index >= 15 is 0 Å². The fraction of sp³-hybridized carbons (Fsp3) is 0.333. The van der Waals surface area contributed by atoms with Crippen LogP contribution >= 0.6 is 11.8 Å². The van der Waals surface area contributed by atoms with Crippen LogP contribution in [0, 0.1) is 0 Å². The summed E-state index contributed by atoms with van der Waals surface area (Å²) in [7, 11) is 0. The van der Waals surface area contributed by atoms with Gasteiger partial charge >= 0.3 is 0 Å². The van der Waals surface area contributed by atoms with Crippen LogP contribution in [0.15, 0.2) is 34.3 Å². The van der Waals surface area contributed by atoms with Crippen LogP contribution in [-0.4, -0.2) is 5.75 Å². The van der Waals surface area contributed by atoms with Crippen LogP contribution in [0.4, 0.5) is 0 Å². The van der Waals surface area contributed by atoms with Crippen molar-refractivity contribution < 1.29 is 0 Å². The lowest BCUT2D eigenvalue weighted by Crippen LogP contribution is -1.76. The number of thioether (sulfide) groups is 1. The summed E-state index contributed by atoms with van der Waals surface area (Å²) in [6.45, 7) is 2.23. The van der Waals surface area contributed by atoms with E-state index in [1.807, 2.05) is 11.8 Å². The summed E-state index contributed by atoms with van der Waals surface area (Å²) in [5.41, 5.74) is 3.04. The topological polar surface area (TPSA) is 0 Å². The summed E-state index contributed by atoms with van der Waals surface area (Å²) < 4.78 is 0. The second kappa shape index (κ2) is 2.31. The highest BCUT2D eigenvalue weighted by molar-refractivity contribution is 8.03. The standard InChI is InChI=1S/C9H10S/c1-2-9-8-5-3-4-7(8)6-10-9/h3-5H,2,6H2,1H3. The zero-order valence-corrected chi connectivity index (χ0v) is 6.87. The molecule has 2 rings (SSSR count). The summed E-state index contributed by atoms with van der Waals surface area (Å²) in [6, 6.07) is 0. The van der Waals surface area contributed by atoms with Crippen LogP contribution in [-0.2, 0) is 0 Å². The minimum atomic E-state index is 1.20. The Morgan fingerprint density at radius 2 is 2.50 bits per heavy atom. The average molecular weight is 150 g/mol. The number of hydrogen-bond donors (Lipinski definition) is 0. The van der Waals surface area contributed by atoms with Gasteiger partial charge in [-0.15, -0.1) is 11.8 Å². The van der Waals surface area contributed by atoms with Gasteiger partial charge in [0.25, 0.3) is 0 Å². The maximum absolute atomic E-state index is 2.23. The highest BCUT2D eigenvalue weighted by atomic mass is 32.2. The molecular formula is C9H10S. The van der Waals surface area contributed by atoms with Crippen LogP contribution in [0.1, 0.15) is 13.3 Å². The van der Waals surface area contributed by atoms with Crippen LogP contribution < -0.4 is 0 Å². The highest BCUT2D eigenvalue weighted by Gasteiger charge is 2.18. The first-order chi connectivity index (χ1) is 4.92. The molecule has 0 aromatic carbocycles. The van der Waals surface area contributed by atoms with E-state index in [1.165, 1.54) is 23.3 Å². The Morgan fingerprint density at radius 1 is 1.60 bits per heavy atom. The minimum Gasteiger partial charge on any atom is -0.125 e. The van der Waals surface area contributed by atoms with Gasteiger partial charge in [0.15, 0.2) is 0 Å². The highest BCUT2D eigenvalue weighted by Crippen LogP contribution is 2.40. The third kappa shape index (κ3) is 0.772. The van der Waals surface area contributed by atoms with Gasteiger partial charge in [-0.25, -0.2) is 0 Å². The van der Waals surface area contributed by atoms with Crippen LogP contribution in [0.3, 0.4) is 0 Å². The van der Waals surface area contributed by atoms with Gasteiger partial charge in [0.05, 0.1) is 0 Å². The van der Waals surface area contributed by atoms with Crippen LogP contribution in [0.2, 0.25) is 0 Å². The van der Waals surface area contributed by atoms with Crippen molar-refractivity contribution in [2.75, 3.05) is 5.75 Å². The molecule has 1 aliphatic heterocycles. The maximum Gasteiger partial charge on any atom is 0.0235 e. The van der Waals surface area contributed by atoms with E-state index in [2.05, 4.69) is 25.2 Å². The lowest BCUT2D eigenvalue weighted by Gasteiger charge is -1.94. The lowest BCUT2D eigenvalue weighted by atomic mass is 10.1. The molecule has 1 heterocycles. The van der Waals surface area contributed by atoms with Crippen molar-refractivity contribution in [1.29, 1.82) is 0 Å². The average Bonchev–Trinajstić information content (AvgIpc) is 2.44. The Labute approximate surface area is 65.7 Å². The van der Waals surface area contributed by atoms with Gasteiger partial charge in [-0.1, -0.05) is 25.2 Å². The summed E-state index contributed by atoms with van der Waals surface area (Å²) >= 11 is 1.99. The van der Waals surface area contributed by atoms with E-state index in [4.69, 9.17) is 0 Å². The molecule has 0 saturated heterocycles. The van der Waals surface area contributed by atoms with Gasteiger partial charge in [-0.3, -0.25) is 0 Å². The lowest BCUT2D eigenvalue weighted by molar-refractivity contribution is 1.19. The van der Waals surface area contributed by atoms with Crippen molar-refractivity contribution >= 4 is 11.8 Å². The smallest absolute Gasteiger partial charge is 0.0235 e. The van der Waals surface area contributed by atoms with Gasteiger partial charge in [-0.05, 0) is 22.5 Å². The molecule has 0 amide bonds. The van der Waals surface area contributed by atoms with Gasteiger partial charge in [0, 0.05) is 5.75 Å². The molecule has 10 heavy (non-hydrogen) atoms. The third-order valence-corrected chi connectivity index (χ3v) is 3.24. The molecule has 0 aromatic rings. The molecule has 0 atom stereocenters. The molecular weight excluding hydrogens is 140 g/mol. The largest absolute Gasteiger partial charge is 0.125 e. The minimum absolute atomic E-state index is 1.20. The van der Waals surface area contributed by atoms with E-state index in [-0.39, 0.29) is 0 Å². The monoisotopic (exact) mass is 150 g/mol. The van der Waals surface area contributed by atoms with E-state index in [1.54, 1.807) is 4.91 Å². The van der Waals surface area contributed by atoms with E-state index in [0.29, 0.717) is 0 Å². The maximum atomic E-state index is 2.23. The molecule has 0 saturated carbocycles. The molecule has 0 spiro atoms. The Kier molecular flexibility index (Phi) is 1.46. The van der Waals surface area contributed by atoms with Crippen molar-refractivity contribution in [1.82, 2.24) is 0 Å². The molecule has 0 unspecified atom stereocenters. The zero-order chi connectivity index (χ0) is 6.97. The SMILES string of the molecule is CCC1=C2C=CC=C2CS1. The summed E-state index contributed by atoms with van der Waals surface area (Å²) in [5, 5.41) is 0. The van der Waals surface area contributed by atoms with E-state index in [9.17, 15) is 0 Å². The van der Waals surface area contributed by atoms with Crippen molar-refractivity contribution in [2.24, 2.45) is 0 Å². The summed E-state index contributed by atoms with van der Waals surface area (Å²) in [5.74, 6) is 1.20. The van der Waals surface area contributed by atoms with Crippen molar-refractivity contribution in [3.05, 3.63) is 34.3 Å². The number of rotatable bonds is 1. The van der Waals surface area contributed by atoms with Gasteiger partial charge in [0.2, 0.25) is 0 Å². The molecule has 0 nitrogen and oxygen atoms in total. The van der Waals surface area contributed by atoms with Crippen molar-refractivity contribution in [2.45, 2.75) is 13.3 Å². The second-order valence-electron chi connectivity index (χ2n) is 2.53.